The highest BCUT2D eigenvalue weighted by atomic mass is 32.2. The van der Waals surface area contributed by atoms with Gasteiger partial charge in [0.15, 0.2) is 6.29 Å². The number of rotatable bonds is 13. The first-order valence-electron chi connectivity index (χ1n) is 14.8. The Morgan fingerprint density at radius 2 is 1.77 bits per heavy atom. The molecule has 0 aromatic carbocycles. The van der Waals surface area contributed by atoms with Crippen molar-refractivity contribution in [3.63, 3.8) is 0 Å². The van der Waals surface area contributed by atoms with Crippen molar-refractivity contribution < 1.29 is 45.7 Å². The van der Waals surface area contributed by atoms with Gasteiger partial charge in [0, 0.05) is 17.6 Å². The molecule has 1 aliphatic heterocycles. The fourth-order valence-electron chi connectivity index (χ4n) is 6.06. The third-order valence-corrected chi connectivity index (χ3v) is 10.1. The first-order chi connectivity index (χ1) is 20.5. The third-order valence-electron chi connectivity index (χ3n) is 8.65. The number of halogens is 6. The van der Waals surface area contributed by atoms with Gasteiger partial charge in [0.1, 0.15) is 30.6 Å². The molecule has 2 saturated carbocycles. The summed E-state index contributed by atoms with van der Waals surface area (Å²) >= 11 is 1.45. The smallest absolute Gasteiger partial charge is 0.386 e. The molecule has 0 spiro atoms. The number of aliphatic hydroxyl groups is 1. The average Bonchev–Trinajstić information content (AvgIpc) is 3.48. The fraction of sp³-hybridized carbons (Fsp3) is 0.793. The Kier molecular flexibility index (Phi) is 12.4. The second kappa shape index (κ2) is 15.6. The molecule has 1 aromatic rings. The van der Waals surface area contributed by atoms with E-state index >= 15 is 4.39 Å². The third kappa shape index (κ3) is 9.69. The van der Waals surface area contributed by atoms with Crippen molar-refractivity contribution in [2.45, 2.75) is 106 Å². The molecule has 0 amide bonds. The standard InChI is InChI=1S/C29H41F6N3O4S/c1-19(28(39,16-38-18-36-17-37-38)24-11-10-22(30)12-25(24)31)43-23-14-40-26(41-15-23)5-3-2-4-20-6-8-21(9-7-20)13-42-29(34,35)27(32)33/h2-5,17-27,39H,6-16H2,1H3/b4-2+,5-3+. The molecule has 2 heterocycles. The van der Waals surface area contributed by atoms with E-state index in [1.165, 1.54) is 29.1 Å². The van der Waals surface area contributed by atoms with Crippen LogP contribution in [0.1, 0.15) is 51.9 Å². The number of ether oxygens (including phenoxy) is 3. The van der Waals surface area contributed by atoms with Gasteiger partial charge in [0.25, 0.3) is 0 Å². The Labute approximate surface area is 252 Å². The molecule has 1 saturated heterocycles. The van der Waals surface area contributed by atoms with Crippen LogP contribution in [0.5, 0.6) is 0 Å². The number of thioether (sulfide) groups is 1. The van der Waals surface area contributed by atoms with Crippen molar-refractivity contribution in [1.29, 1.82) is 0 Å². The highest BCUT2D eigenvalue weighted by Gasteiger charge is 2.49. The van der Waals surface area contributed by atoms with Crippen LogP contribution < -0.4 is 0 Å². The Hall–Kier alpha value is -1.61. The van der Waals surface area contributed by atoms with Crippen LogP contribution in [-0.2, 0) is 20.8 Å². The molecular formula is C29H41F6N3O4S. The van der Waals surface area contributed by atoms with Crippen LogP contribution in [0.3, 0.4) is 0 Å². The monoisotopic (exact) mass is 641 g/mol. The molecule has 1 N–H and O–H groups in total. The zero-order valence-corrected chi connectivity index (χ0v) is 24.9. The number of alkyl halides is 6. The summed E-state index contributed by atoms with van der Waals surface area (Å²) in [5.41, 5.74) is -1.48. The second-order valence-corrected chi connectivity index (χ2v) is 13.4. The number of allylic oxidation sites excluding steroid dienone is 3. The lowest BCUT2D eigenvalue weighted by Gasteiger charge is -2.45. The second-order valence-electron chi connectivity index (χ2n) is 11.8. The summed E-state index contributed by atoms with van der Waals surface area (Å²) < 4.78 is 96.6. The van der Waals surface area contributed by atoms with Gasteiger partial charge in [0.05, 0.1) is 31.6 Å². The highest BCUT2D eigenvalue weighted by Crippen LogP contribution is 2.43. The van der Waals surface area contributed by atoms with E-state index in [-0.39, 0.29) is 49.5 Å². The largest absolute Gasteiger partial charge is 0.416 e. The number of hydrogen-bond donors (Lipinski definition) is 1. The minimum Gasteiger partial charge on any atom is -0.386 e. The Morgan fingerprint density at radius 1 is 1.07 bits per heavy atom. The Bertz CT molecular complexity index is 1020. The SMILES string of the molecule is CC(SC1COC(/C=C/C=C/C2CCC(COC(F)(F)C(F)F)CC2)OC1)C(O)(Cn1cncn1)C1CCC(F)CC1F. The molecule has 0 radical (unpaired) electrons. The van der Waals surface area contributed by atoms with Crippen LogP contribution in [0.4, 0.5) is 26.3 Å². The first-order valence-corrected chi connectivity index (χ1v) is 15.8. The predicted octanol–water partition coefficient (Wildman–Crippen LogP) is 6.14. The van der Waals surface area contributed by atoms with Gasteiger partial charge in [-0.25, -0.2) is 22.5 Å². The van der Waals surface area contributed by atoms with E-state index in [2.05, 4.69) is 14.8 Å². The number of hydrogen-bond acceptors (Lipinski definition) is 7. The van der Waals surface area contributed by atoms with E-state index in [9.17, 15) is 27.1 Å². The summed E-state index contributed by atoms with van der Waals surface area (Å²) in [5, 5.41) is 15.4. The van der Waals surface area contributed by atoms with E-state index in [1.54, 1.807) is 6.08 Å². The Morgan fingerprint density at radius 3 is 2.40 bits per heavy atom. The van der Waals surface area contributed by atoms with E-state index in [0.717, 1.165) is 12.8 Å². The highest BCUT2D eigenvalue weighted by molar-refractivity contribution is 8.00. The van der Waals surface area contributed by atoms with Gasteiger partial charge in [-0.05, 0) is 56.4 Å². The molecule has 5 atom stereocenters. The van der Waals surface area contributed by atoms with Crippen LogP contribution in [0.15, 0.2) is 37.0 Å². The summed E-state index contributed by atoms with van der Waals surface area (Å²) in [6, 6.07) is 0. The molecule has 1 aromatic heterocycles. The van der Waals surface area contributed by atoms with E-state index in [4.69, 9.17) is 9.47 Å². The van der Waals surface area contributed by atoms with E-state index in [0.29, 0.717) is 26.1 Å². The molecule has 5 unspecified atom stereocenters. The molecule has 244 valence electrons. The van der Waals surface area contributed by atoms with Gasteiger partial charge < -0.3 is 19.3 Å². The fourth-order valence-corrected chi connectivity index (χ4v) is 7.44. The molecule has 4 rings (SSSR count). The predicted molar refractivity (Wildman–Crippen MR) is 149 cm³/mol. The van der Waals surface area contributed by atoms with Crippen LogP contribution in [0, 0.1) is 17.8 Å². The molecular weight excluding hydrogens is 600 g/mol. The lowest BCUT2D eigenvalue weighted by atomic mass is 9.73. The van der Waals surface area contributed by atoms with Gasteiger partial charge in [-0.1, -0.05) is 25.2 Å². The van der Waals surface area contributed by atoms with E-state index < -0.39 is 47.9 Å². The minimum absolute atomic E-state index is 0.0411. The lowest BCUT2D eigenvalue weighted by molar-refractivity contribution is -0.304. The van der Waals surface area contributed by atoms with Crippen molar-refractivity contribution in [3.8, 4) is 0 Å². The first kappa shape index (κ1) is 34.3. The molecule has 0 bridgehead atoms. The van der Waals surface area contributed by atoms with Crippen LogP contribution in [0.2, 0.25) is 0 Å². The maximum atomic E-state index is 15.0. The van der Waals surface area contributed by atoms with Gasteiger partial charge >= 0.3 is 12.5 Å². The molecule has 2 aliphatic carbocycles. The van der Waals surface area contributed by atoms with Crippen LogP contribution >= 0.6 is 11.8 Å². The summed E-state index contributed by atoms with van der Waals surface area (Å²) in [7, 11) is 0. The number of nitrogens with zero attached hydrogens (tertiary/aromatic N) is 3. The van der Waals surface area contributed by atoms with Gasteiger partial charge in [-0.15, -0.1) is 11.8 Å². The van der Waals surface area contributed by atoms with Gasteiger partial charge in [-0.3, -0.25) is 4.68 Å². The summed E-state index contributed by atoms with van der Waals surface area (Å²) in [5.74, 6) is -0.644. The van der Waals surface area contributed by atoms with Gasteiger partial charge in [0.2, 0.25) is 0 Å². The van der Waals surface area contributed by atoms with Crippen molar-refractivity contribution in [3.05, 3.63) is 37.0 Å². The molecule has 7 nitrogen and oxygen atoms in total. The summed E-state index contributed by atoms with van der Waals surface area (Å²) in [4.78, 5) is 3.93. The van der Waals surface area contributed by atoms with Crippen molar-refractivity contribution in [2.75, 3.05) is 19.8 Å². The topological polar surface area (TPSA) is 78.6 Å². The van der Waals surface area contributed by atoms with Crippen molar-refractivity contribution in [2.24, 2.45) is 17.8 Å². The van der Waals surface area contributed by atoms with Crippen LogP contribution in [-0.4, -0.2) is 87.0 Å². The summed E-state index contributed by atoms with van der Waals surface area (Å²) in [6.07, 6.45) is 1.87. The van der Waals surface area contributed by atoms with E-state index in [1.807, 2.05) is 25.2 Å². The van der Waals surface area contributed by atoms with Crippen LogP contribution in [0.25, 0.3) is 0 Å². The molecule has 3 aliphatic rings. The zero-order valence-electron chi connectivity index (χ0n) is 24.1. The molecule has 14 heteroatoms. The zero-order chi connectivity index (χ0) is 31.0. The maximum Gasteiger partial charge on any atom is 0.416 e. The maximum absolute atomic E-state index is 15.0. The Balaban J connectivity index is 1.20. The van der Waals surface area contributed by atoms with Crippen molar-refractivity contribution >= 4 is 11.8 Å². The molecule has 43 heavy (non-hydrogen) atoms. The van der Waals surface area contributed by atoms with Crippen molar-refractivity contribution in [1.82, 2.24) is 14.8 Å². The average molecular weight is 642 g/mol. The normalized spacial score (nSPS) is 33.3. The molecule has 3 fully saturated rings. The summed E-state index contributed by atoms with van der Waals surface area (Å²) in [6.45, 7) is 2.23. The minimum atomic E-state index is -4.40. The lowest BCUT2D eigenvalue weighted by Crippen LogP contribution is -2.55. The quantitative estimate of drug-likeness (QED) is 0.205. The number of aromatic nitrogens is 3. The van der Waals surface area contributed by atoms with Gasteiger partial charge in [-0.2, -0.15) is 13.9 Å².